The van der Waals surface area contributed by atoms with E-state index in [-0.39, 0.29) is 30.5 Å². The van der Waals surface area contributed by atoms with Gasteiger partial charge in [0.05, 0.1) is 6.54 Å². The topological polar surface area (TPSA) is 73.0 Å². The summed E-state index contributed by atoms with van der Waals surface area (Å²) in [7, 11) is 2.18. The van der Waals surface area contributed by atoms with E-state index >= 15 is 0 Å². The van der Waals surface area contributed by atoms with E-state index in [9.17, 15) is 5.11 Å². The van der Waals surface area contributed by atoms with Crippen molar-refractivity contribution in [1.29, 1.82) is 0 Å². The molecule has 1 saturated heterocycles. The highest BCUT2D eigenvalue weighted by Gasteiger charge is 2.27. The molecule has 1 fully saturated rings. The van der Waals surface area contributed by atoms with Gasteiger partial charge in [-0.05, 0) is 66.1 Å². The Labute approximate surface area is 174 Å². The Bertz CT molecular complexity index is 586. The van der Waals surface area contributed by atoms with Crippen LogP contribution < -0.4 is 10.6 Å². The molecule has 2 rings (SSSR count). The van der Waals surface area contributed by atoms with E-state index in [0.717, 1.165) is 42.7 Å². The highest BCUT2D eigenvalue weighted by Crippen LogP contribution is 2.27. The fraction of sp³-hybridized carbons (Fsp3) is 0.737. The maximum absolute atomic E-state index is 10.8. The Kier molecular flexibility index (Phi) is 9.40. The number of guanidine groups is 1. The maximum atomic E-state index is 10.8. The average Bonchev–Trinajstić information content (AvgIpc) is 2.89. The third-order valence-corrected chi connectivity index (χ3v) is 4.79. The molecule has 2 atom stereocenters. The molecule has 0 spiro atoms. The lowest BCUT2D eigenvalue weighted by Gasteiger charge is -2.30. The van der Waals surface area contributed by atoms with E-state index in [0.29, 0.717) is 5.92 Å². The van der Waals surface area contributed by atoms with Gasteiger partial charge >= 0.3 is 0 Å². The summed E-state index contributed by atoms with van der Waals surface area (Å²) in [5, 5.41) is 17.5. The van der Waals surface area contributed by atoms with E-state index in [4.69, 9.17) is 4.42 Å². The highest BCUT2D eigenvalue weighted by molar-refractivity contribution is 14.0. The summed E-state index contributed by atoms with van der Waals surface area (Å²) >= 11 is 0. The zero-order valence-electron chi connectivity index (χ0n) is 16.8. The van der Waals surface area contributed by atoms with Crippen LogP contribution in [-0.2, 0) is 5.60 Å². The number of aryl methyl sites for hydroxylation is 2. The summed E-state index contributed by atoms with van der Waals surface area (Å²) in [5.74, 6) is 2.96. The lowest BCUT2D eigenvalue weighted by molar-refractivity contribution is 0.0657. The molecule has 0 aromatic carbocycles. The molecule has 0 saturated carbocycles. The second kappa shape index (κ2) is 10.5. The Morgan fingerprint density at radius 3 is 2.73 bits per heavy atom. The van der Waals surface area contributed by atoms with Gasteiger partial charge in [0.1, 0.15) is 17.1 Å². The van der Waals surface area contributed by atoms with Crippen LogP contribution in [0.4, 0.5) is 0 Å². The van der Waals surface area contributed by atoms with Gasteiger partial charge in [-0.3, -0.25) is 0 Å². The van der Waals surface area contributed by atoms with Gasteiger partial charge in [-0.15, -0.1) is 24.0 Å². The van der Waals surface area contributed by atoms with Crippen LogP contribution in [0.1, 0.15) is 43.8 Å². The molecule has 0 radical (unpaired) electrons. The summed E-state index contributed by atoms with van der Waals surface area (Å²) in [6.07, 6.45) is 2.51. The fourth-order valence-corrected chi connectivity index (χ4v) is 3.51. The zero-order valence-corrected chi connectivity index (χ0v) is 19.1. The van der Waals surface area contributed by atoms with E-state index in [1.54, 1.807) is 6.92 Å². The van der Waals surface area contributed by atoms with E-state index < -0.39 is 5.60 Å². The average molecular weight is 478 g/mol. The van der Waals surface area contributed by atoms with Gasteiger partial charge in [-0.1, -0.05) is 0 Å². The van der Waals surface area contributed by atoms with Gasteiger partial charge in [0.2, 0.25) is 0 Å². The predicted molar refractivity (Wildman–Crippen MR) is 117 cm³/mol. The van der Waals surface area contributed by atoms with Gasteiger partial charge in [0, 0.05) is 25.2 Å². The monoisotopic (exact) mass is 478 g/mol. The first kappa shape index (κ1) is 23.2. The number of furan rings is 1. The SMILES string of the molecule is CCNC(=NCC(C)(O)c1cc(C)oc1C)NCC1CCCN(C)C1.I. The molecule has 2 unspecified atom stereocenters. The van der Waals surface area contributed by atoms with Crippen LogP contribution in [0, 0.1) is 19.8 Å². The lowest BCUT2D eigenvalue weighted by Crippen LogP contribution is -2.44. The lowest BCUT2D eigenvalue weighted by atomic mass is 9.96. The van der Waals surface area contributed by atoms with Crippen molar-refractivity contribution < 1.29 is 9.52 Å². The predicted octanol–water partition coefficient (Wildman–Crippen LogP) is 2.62. The third-order valence-electron chi connectivity index (χ3n) is 4.79. The van der Waals surface area contributed by atoms with Gasteiger partial charge in [-0.2, -0.15) is 0 Å². The third kappa shape index (κ3) is 6.74. The van der Waals surface area contributed by atoms with Gasteiger partial charge < -0.3 is 25.1 Å². The molecule has 1 aliphatic heterocycles. The van der Waals surface area contributed by atoms with Crippen LogP contribution >= 0.6 is 24.0 Å². The summed E-state index contributed by atoms with van der Waals surface area (Å²) in [6.45, 7) is 11.9. The quantitative estimate of drug-likeness (QED) is 0.333. The molecule has 1 aromatic rings. The van der Waals surface area contributed by atoms with E-state index in [1.807, 2.05) is 26.8 Å². The Balaban J connectivity index is 0.00000338. The van der Waals surface area contributed by atoms with E-state index in [2.05, 4.69) is 27.6 Å². The normalized spacial score (nSPS) is 21.0. The van der Waals surface area contributed by atoms with Crippen LogP contribution in [0.5, 0.6) is 0 Å². The number of nitrogens with zero attached hydrogens (tertiary/aromatic N) is 2. The zero-order chi connectivity index (χ0) is 18.4. The van der Waals surface area contributed by atoms with Crippen molar-refractivity contribution >= 4 is 29.9 Å². The summed E-state index contributed by atoms with van der Waals surface area (Å²) in [4.78, 5) is 6.99. The minimum Gasteiger partial charge on any atom is -0.466 e. The van der Waals surface area contributed by atoms with Crippen molar-refractivity contribution in [2.24, 2.45) is 10.9 Å². The van der Waals surface area contributed by atoms with Crippen molar-refractivity contribution in [3.8, 4) is 0 Å². The fourth-order valence-electron chi connectivity index (χ4n) is 3.51. The van der Waals surface area contributed by atoms with Crippen molar-refractivity contribution in [2.45, 2.75) is 46.1 Å². The number of aliphatic imine (C=N–C) groups is 1. The second-order valence-electron chi connectivity index (χ2n) is 7.45. The van der Waals surface area contributed by atoms with Crippen LogP contribution in [0.15, 0.2) is 15.5 Å². The molecule has 0 amide bonds. The molecule has 2 heterocycles. The summed E-state index contributed by atoms with van der Waals surface area (Å²) in [6, 6.07) is 1.89. The first-order valence-corrected chi connectivity index (χ1v) is 9.32. The Morgan fingerprint density at radius 2 is 2.15 bits per heavy atom. The molecule has 0 bridgehead atoms. The van der Waals surface area contributed by atoms with Crippen molar-refractivity contribution in [3.05, 3.63) is 23.2 Å². The minimum atomic E-state index is -1.05. The molecule has 150 valence electrons. The van der Waals surface area contributed by atoms with E-state index in [1.165, 1.54) is 19.4 Å². The number of hydrogen-bond acceptors (Lipinski definition) is 4. The molecule has 26 heavy (non-hydrogen) atoms. The van der Waals surface area contributed by atoms with Crippen LogP contribution in [0.2, 0.25) is 0 Å². The van der Waals surface area contributed by atoms with Gasteiger partial charge in [0.15, 0.2) is 5.96 Å². The molecule has 6 nitrogen and oxygen atoms in total. The molecule has 1 aliphatic rings. The highest BCUT2D eigenvalue weighted by atomic mass is 127. The number of nitrogens with one attached hydrogen (secondary N) is 2. The first-order chi connectivity index (χ1) is 11.8. The Morgan fingerprint density at radius 1 is 1.42 bits per heavy atom. The van der Waals surface area contributed by atoms with Crippen molar-refractivity contribution in [3.63, 3.8) is 0 Å². The number of piperidine rings is 1. The first-order valence-electron chi connectivity index (χ1n) is 9.32. The molecular formula is C19H35IN4O2. The number of rotatable bonds is 6. The minimum absolute atomic E-state index is 0. The van der Waals surface area contributed by atoms with Gasteiger partial charge in [0.25, 0.3) is 0 Å². The molecular weight excluding hydrogens is 443 g/mol. The Hall–Kier alpha value is -0.800. The number of hydrogen-bond donors (Lipinski definition) is 3. The number of likely N-dealkylation sites (tertiary alicyclic amines) is 1. The van der Waals surface area contributed by atoms with Crippen molar-refractivity contribution in [1.82, 2.24) is 15.5 Å². The second-order valence-corrected chi connectivity index (χ2v) is 7.45. The summed E-state index contributed by atoms with van der Waals surface area (Å²) < 4.78 is 5.55. The molecule has 7 heteroatoms. The molecule has 3 N–H and O–H groups in total. The standard InChI is InChI=1S/C19H34N4O2.HI/c1-6-20-18(21-11-16-8-7-9-23(5)12-16)22-13-19(4,24)17-10-14(2)25-15(17)3;/h10,16,24H,6-9,11-13H2,1-5H3,(H2,20,21,22);1H. The summed E-state index contributed by atoms with van der Waals surface area (Å²) in [5.41, 5.74) is -0.242. The van der Waals surface area contributed by atoms with Crippen molar-refractivity contribution in [2.75, 3.05) is 39.8 Å². The van der Waals surface area contributed by atoms with Gasteiger partial charge in [-0.25, -0.2) is 4.99 Å². The number of aliphatic hydroxyl groups is 1. The molecule has 1 aromatic heterocycles. The van der Waals surface area contributed by atoms with Crippen LogP contribution in [0.3, 0.4) is 0 Å². The largest absolute Gasteiger partial charge is 0.466 e. The van der Waals surface area contributed by atoms with Crippen LogP contribution in [0.25, 0.3) is 0 Å². The molecule has 0 aliphatic carbocycles. The maximum Gasteiger partial charge on any atom is 0.191 e. The smallest absolute Gasteiger partial charge is 0.191 e. The van der Waals surface area contributed by atoms with Crippen LogP contribution in [-0.4, -0.2) is 55.7 Å². The number of halogens is 1.